The van der Waals surface area contributed by atoms with Gasteiger partial charge in [-0.2, -0.15) is 0 Å². The van der Waals surface area contributed by atoms with E-state index in [1.807, 2.05) is 0 Å². The minimum atomic E-state index is -0.747. The van der Waals surface area contributed by atoms with Crippen molar-refractivity contribution in [3.8, 4) is 0 Å². The van der Waals surface area contributed by atoms with Gasteiger partial charge in [0.05, 0.1) is 6.42 Å². The van der Waals surface area contributed by atoms with E-state index in [0.717, 1.165) is 32.1 Å². The topological polar surface area (TPSA) is 71.4 Å². The lowest BCUT2D eigenvalue weighted by Crippen LogP contribution is -2.47. The molecule has 30 heavy (non-hydrogen) atoms. The predicted molar refractivity (Wildman–Crippen MR) is 116 cm³/mol. The number of rotatable bonds is 10. The second-order valence-electron chi connectivity index (χ2n) is 11.1. The van der Waals surface area contributed by atoms with Crippen molar-refractivity contribution < 1.29 is 19.5 Å². The van der Waals surface area contributed by atoms with Crippen LogP contribution in [0.25, 0.3) is 0 Å². The number of carboxylic acids is 1. The van der Waals surface area contributed by atoms with Gasteiger partial charge in [0.1, 0.15) is 11.6 Å². The zero-order valence-corrected chi connectivity index (χ0v) is 18.7. The molecule has 0 radical (unpaired) electrons. The molecule has 2 saturated carbocycles. The third-order valence-electron chi connectivity index (χ3n) is 8.77. The highest BCUT2D eigenvalue weighted by molar-refractivity contribution is 5.79. The number of Topliss-reactive ketones (excluding diaryl/α,β-unsaturated/α-hetero) is 2. The van der Waals surface area contributed by atoms with Crippen molar-refractivity contribution in [3.63, 3.8) is 0 Å². The molecule has 0 spiro atoms. The summed E-state index contributed by atoms with van der Waals surface area (Å²) in [5.41, 5.74) is 2.55. The van der Waals surface area contributed by atoms with Gasteiger partial charge in [-0.25, -0.2) is 0 Å². The summed E-state index contributed by atoms with van der Waals surface area (Å²) in [5, 5.41) is 9.46. The van der Waals surface area contributed by atoms with E-state index in [4.69, 9.17) is 0 Å². The van der Waals surface area contributed by atoms with Crippen LogP contribution < -0.4 is 0 Å². The van der Waals surface area contributed by atoms with Crippen molar-refractivity contribution >= 4 is 17.5 Å². The summed E-state index contributed by atoms with van der Waals surface area (Å²) in [6.45, 7) is 5.98. The van der Waals surface area contributed by atoms with E-state index >= 15 is 0 Å². The van der Waals surface area contributed by atoms with Crippen LogP contribution in [-0.2, 0) is 14.4 Å². The lowest BCUT2D eigenvalue weighted by molar-refractivity contribution is -0.146. The predicted octanol–water partition coefficient (Wildman–Crippen LogP) is 5.51. The van der Waals surface area contributed by atoms with Crippen LogP contribution in [0.1, 0.15) is 85.0 Å². The Morgan fingerprint density at radius 1 is 0.900 bits per heavy atom. The van der Waals surface area contributed by atoms with Crippen LogP contribution in [0.15, 0.2) is 23.3 Å². The Hall–Kier alpha value is -1.71. The number of carboxylic acid groups (broad SMARTS) is 1. The Labute approximate surface area is 180 Å². The molecule has 4 nitrogen and oxygen atoms in total. The van der Waals surface area contributed by atoms with E-state index < -0.39 is 5.97 Å². The zero-order valence-electron chi connectivity index (χ0n) is 18.7. The number of hydrogen-bond acceptors (Lipinski definition) is 3. The number of fused-ring (bicyclic) bond motifs is 2. The molecule has 6 unspecified atom stereocenters. The molecular formula is C26H36O4. The van der Waals surface area contributed by atoms with Gasteiger partial charge in [-0.1, -0.05) is 23.3 Å². The summed E-state index contributed by atoms with van der Waals surface area (Å²) >= 11 is 0. The van der Waals surface area contributed by atoms with Gasteiger partial charge < -0.3 is 9.90 Å². The van der Waals surface area contributed by atoms with Crippen LogP contribution >= 0.6 is 0 Å². The molecule has 6 atom stereocenters. The first-order valence-electron chi connectivity index (χ1n) is 11.7. The summed E-state index contributed by atoms with van der Waals surface area (Å²) in [4.78, 5) is 36.3. The van der Waals surface area contributed by atoms with Gasteiger partial charge >= 0.3 is 5.97 Å². The Morgan fingerprint density at radius 2 is 1.37 bits per heavy atom. The quantitative estimate of drug-likeness (QED) is 0.480. The highest BCUT2D eigenvalue weighted by Crippen LogP contribution is 2.63. The van der Waals surface area contributed by atoms with Crippen molar-refractivity contribution in [2.45, 2.75) is 85.0 Å². The number of ketones is 2. The number of allylic oxidation sites excluding steroid dienone is 4. The molecule has 2 fully saturated rings. The molecule has 0 amide bonds. The van der Waals surface area contributed by atoms with Crippen LogP contribution in [0, 0.1) is 34.5 Å². The SMILES string of the molecule is CC(=O)CC1(CCC(=O)CCC2(CC(=O)O)CC3CC(C)=CC32)CC2CC(C)=CC21. The summed E-state index contributed by atoms with van der Waals surface area (Å²) in [5.74, 6) is 1.78. The Balaban J connectivity index is 1.35. The average Bonchev–Trinajstić information content (AvgIpc) is 3.12. The van der Waals surface area contributed by atoms with Crippen molar-refractivity contribution in [2.24, 2.45) is 34.5 Å². The van der Waals surface area contributed by atoms with Crippen LogP contribution in [0.2, 0.25) is 0 Å². The molecule has 164 valence electrons. The van der Waals surface area contributed by atoms with E-state index in [2.05, 4.69) is 26.0 Å². The monoisotopic (exact) mass is 412 g/mol. The Morgan fingerprint density at radius 3 is 1.77 bits per heavy atom. The lowest BCUT2D eigenvalue weighted by atomic mass is 9.51. The van der Waals surface area contributed by atoms with Gasteiger partial charge in [0.2, 0.25) is 0 Å². The Kier molecular flexibility index (Phi) is 5.57. The van der Waals surface area contributed by atoms with Crippen LogP contribution in [0.5, 0.6) is 0 Å². The molecule has 0 heterocycles. The normalized spacial score (nSPS) is 38.6. The molecule has 4 heteroatoms. The molecule has 4 aliphatic carbocycles. The molecule has 0 saturated heterocycles. The van der Waals surface area contributed by atoms with Crippen molar-refractivity contribution in [3.05, 3.63) is 23.3 Å². The second kappa shape index (κ2) is 7.76. The van der Waals surface area contributed by atoms with E-state index in [0.29, 0.717) is 49.4 Å². The number of hydrogen-bond donors (Lipinski definition) is 1. The first kappa shape index (κ1) is 21.5. The Bertz CT molecular complexity index is 755. The minimum absolute atomic E-state index is 0.0183. The molecule has 0 bridgehead atoms. The van der Waals surface area contributed by atoms with Gasteiger partial charge in [0.25, 0.3) is 0 Å². The number of carbonyl (C=O) groups excluding carboxylic acids is 2. The molecule has 1 N–H and O–H groups in total. The molecular weight excluding hydrogens is 376 g/mol. The molecule has 0 aliphatic heterocycles. The summed E-state index contributed by atoms with van der Waals surface area (Å²) in [6, 6.07) is 0. The van der Waals surface area contributed by atoms with E-state index in [1.165, 1.54) is 11.1 Å². The van der Waals surface area contributed by atoms with Gasteiger partial charge in [0, 0.05) is 19.3 Å². The molecule has 0 aromatic carbocycles. The number of aliphatic carboxylic acids is 1. The fraction of sp³-hybridized carbons (Fsp3) is 0.731. The first-order chi connectivity index (χ1) is 14.1. The standard InChI is InChI=1S/C26H36O4/c1-16-8-19-13-25(12-18(3)27,22(19)10-16)6-4-21(28)5-7-26(15-24(29)30)14-20-9-17(2)11-23(20)26/h10-11,19-20,22-23H,4-9,12-15H2,1-3H3,(H,29,30). The lowest BCUT2D eigenvalue weighted by Gasteiger charge is -2.53. The van der Waals surface area contributed by atoms with Crippen LogP contribution in [0.3, 0.4) is 0 Å². The van der Waals surface area contributed by atoms with Gasteiger partial charge in [-0.05, 0) is 93.8 Å². The van der Waals surface area contributed by atoms with E-state index in [9.17, 15) is 19.5 Å². The van der Waals surface area contributed by atoms with Crippen LogP contribution in [0.4, 0.5) is 0 Å². The zero-order chi connectivity index (χ0) is 21.7. The van der Waals surface area contributed by atoms with Crippen molar-refractivity contribution in [1.29, 1.82) is 0 Å². The molecule has 0 aromatic rings. The fourth-order valence-electron chi connectivity index (χ4n) is 7.64. The highest BCUT2D eigenvalue weighted by Gasteiger charge is 2.56. The minimum Gasteiger partial charge on any atom is -0.481 e. The fourth-order valence-corrected chi connectivity index (χ4v) is 7.64. The van der Waals surface area contributed by atoms with Gasteiger partial charge in [-0.15, -0.1) is 0 Å². The summed E-state index contributed by atoms with van der Waals surface area (Å²) in [7, 11) is 0. The van der Waals surface area contributed by atoms with Crippen molar-refractivity contribution in [1.82, 2.24) is 0 Å². The smallest absolute Gasteiger partial charge is 0.303 e. The largest absolute Gasteiger partial charge is 0.481 e. The number of carbonyl (C=O) groups is 3. The third-order valence-corrected chi connectivity index (χ3v) is 8.77. The van der Waals surface area contributed by atoms with E-state index in [1.54, 1.807) is 6.92 Å². The third kappa shape index (κ3) is 3.83. The maximum atomic E-state index is 12.8. The summed E-state index contributed by atoms with van der Waals surface area (Å²) < 4.78 is 0. The molecule has 4 rings (SSSR count). The van der Waals surface area contributed by atoms with Gasteiger partial charge in [-0.3, -0.25) is 9.59 Å². The summed E-state index contributed by atoms with van der Waals surface area (Å²) in [6.07, 6.45) is 12.1. The maximum absolute atomic E-state index is 12.8. The van der Waals surface area contributed by atoms with E-state index in [-0.39, 0.29) is 28.8 Å². The molecule has 0 aromatic heterocycles. The van der Waals surface area contributed by atoms with Crippen molar-refractivity contribution in [2.75, 3.05) is 0 Å². The highest BCUT2D eigenvalue weighted by atomic mass is 16.4. The molecule has 4 aliphatic rings. The first-order valence-corrected chi connectivity index (χ1v) is 11.7. The van der Waals surface area contributed by atoms with Crippen LogP contribution in [-0.4, -0.2) is 22.6 Å². The van der Waals surface area contributed by atoms with Gasteiger partial charge in [0.15, 0.2) is 0 Å². The average molecular weight is 413 g/mol. The second-order valence-corrected chi connectivity index (χ2v) is 11.1. The maximum Gasteiger partial charge on any atom is 0.303 e.